The molecule has 0 radical (unpaired) electrons. The molecule has 1 aromatic carbocycles. The average molecular weight is 312 g/mol. The molecule has 1 aliphatic rings. The van der Waals surface area contributed by atoms with Crippen molar-refractivity contribution in [3.05, 3.63) is 34.3 Å². The Morgan fingerprint density at radius 2 is 2.33 bits per heavy atom. The smallest absolute Gasteiger partial charge is 0.328 e. The Morgan fingerprint density at radius 3 is 3.00 bits per heavy atom. The number of halogens is 1. The molecule has 0 aromatic heterocycles. The number of hydrogen-bond acceptors (Lipinski definition) is 3. The lowest BCUT2D eigenvalue weighted by Crippen LogP contribution is -2.37. The molecule has 1 aliphatic heterocycles. The SMILES string of the molecule is O=C(CCc1cccc(Br)c1)N[C@H]1CCOC1=O. The maximum absolute atomic E-state index is 11.7. The van der Waals surface area contributed by atoms with Gasteiger partial charge in [-0.05, 0) is 24.1 Å². The quantitative estimate of drug-likeness (QED) is 0.863. The van der Waals surface area contributed by atoms with Crippen LogP contribution in [0, 0.1) is 0 Å². The largest absolute Gasteiger partial charge is 0.464 e. The van der Waals surface area contributed by atoms with E-state index in [2.05, 4.69) is 21.2 Å². The highest BCUT2D eigenvalue weighted by atomic mass is 79.9. The zero-order chi connectivity index (χ0) is 13.0. The molecule has 18 heavy (non-hydrogen) atoms. The summed E-state index contributed by atoms with van der Waals surface area (Å²) in [6, 6.07) is 7.38. The number of nitrogens with one attached hydrogen (secondary N) is 1. The summed E-state index contributed by atoms with van der Waals surface area (Å²) in [5.41, 5.74) is 1.09. The van der Waals surface area contributed by atoms with E-state index in [1.54, 1.807) is 0 Å². The molecular weight excluding hydrogens is 298 g/mol. The first-order chi connectivity index (χ1) is 8.65. The van der Waals surface area contributed by atoms with E-state index >= 15 is 0 Å². The first kappa shape index (κ1) is 13.1. The van der Waals surface area contributed by atoms with Gasteiger partial charge in [0.2, 0.25) is 5.91 Å². The van der Waals surface area contributed by atoms with Crippen molar-refractivity contribution in [1.82, 2.24) is 5.32 Å². The van der Waals surface area contributed by atoms with Crippen LogP contribution in [0.2, 0.25) is 0 Å². The van der Waals surface area contributed by atoms with Crippen molar-refractivity contribution in [1.29, 1.82) is 0 Å². The number of carbonyl (C=O) groups excluding carboxylic acids is 2. The Bertz CT molecular complexity index is 461. The molecule has 1 saturated heterocycles. The number of esters is 1. The van der Waals surface area contributed by atoms with Crippen LogP contribution >= 0.6 is 15.9 Å². The Labute approximate surface area is 114 Å². The van der Waals surface area contributed by atoms with Crippen LogP contribution in [0.25, 0.3) is 0 Å². The lowest BCUT2D eigenvalue weighted by Gasteiger charge is -2.08. The topological polar surface area (TPSA) is 55.4 Å². The van der Waals surface area contributed by atoms with Crippen molar-refractivity contribution in [2.45, 2.75) is 25.3 Å². The predicted molar refractivity (Wildman–Crippen MR) is 70.0 cm³/mol. The molecular formula is C13H14BrNO3. The molecule has 4 nitrogen and oxygen atoms in total. The van der Waals surface area contributed by atoms with E-state index in [9.17, 15) is 9.59 Å². The van der Waals surface area contributed by atoms with Gasteiger partial charge in [-0.25, -0.2) is 4.79 Å². The molecule has 96 valence electrons. The molecule has 5 heteroatoms. The fraction of sp³-hybridized carbons (Fsp3) is 0.385. The van der Waals surface area contributed by atoms with Crippen LogP contribution in [0.15, 0.2) is 28.7 Å². The van der Waals surface area contributed by atoms with E-state index in [0.717, 1.165) is 10.0 Å². The van der Waals surface area contributed by atoms with E-state index in [4.69, 9.17) is 4.74 Å². The fourth-order valence-electron chi connectivity index (χ4n) is 1.84. The van der Waals surface area contributed by atoms with Gasteiger partial charge in [-0.2, -0.15) is 0 Å². The fourth-order valence-corrected chi connectivity index (χ4v) is 2.29. The van der Waals surface area contributed by atoms with Crippen molar-refractivity contribution in [3.8, 4) is 0 Å². The van der Waals surface area contributed by atoms with Crippen molar-refractivity contribution in [2.75, 3.05) is 6.61 Å². The summed E-state index contributed by atoms with van der Waals surface area (Å²) in [7, 11) is 0. The number of hydrogen-bond donors (Lipinski definition) is 1. The van der Waals surface area contributed by atoms with Crippen LogP contribution in [-0.2, 0) is 20.7 Å². The minimum Gasteiger partial charge on any atom is -0.464 e. The molecule has 0 aliphatic carbocycles. The highest BCUT2D eigenvalue weighted by Gasteiger charge is 2.27. The highest BCUT2D eigenvalue weighted by Crippen LogP contribution is 2.13. The van der Waals surface area contributed by atoms with Gasteiger partial charge in [0.1, 0.15) is 6.04 Å². The van der Waals surface area contributed by atoms with Gasteiger partial charge in [-0.3, -0.25) is 4.79 Å². The van der Waals surface area contributed by atoms with Gasteiger partial charge in [-0.1, -0.05) is 28.1 Å². The lowest BCUT2D eigenvalue weighted by molar-refractivity contribution is -0.141. The first-order valence-corrected chi connectivity index (χ1v) is 6.65. The number of ether oxygens (including phenoxy) is 1. The molecule has 0 saturated carbocycles. The third kappa shape index (κ3) is 3.57. The number of carbonyl (C=O) groups is 2. The monoisotopic (exact) mass is 311 g/mol. The van der Waals surface area contributed by atoms with E-state index in [-0.39, 0.29) is 11.9 Å². The number of aryl methyl sites for hydroxylation is 1. The van der Waals surface area contributed by atoms with Crippen LogP contribution < -0.4 is 5.32 Å². The first-order valence-electron chi connectivity index (χ1n) is 5.85. The van der Waals surface area contributed by atoms with Crippen LogP contribution in [0.3, 0.4) is 0 Å². The normalized spacial score (nSPS) is 18.5. The maximum atomic E-state index is 11.7. The summed E-state index contributed by atoms with van der Waals surface area (Å²) in [5.74, 6) is -0.440. The van der Waals surface area contributed by atoms with Crippen molar-refractivity contribution in [3.63, 3.8) is 0 Å². The number of rotatable bonds is 4. The minimum atomic E-state index is -0.458. The van der Waals surface area contributed by atoms with Crippen LogP contribution in [0.1, 0.15) is 18.4 Å². The van der Waals surface area contributed by atoms with Crippen LogP contribution in [0.4, 0.5) is 0 Å². The van der Waals surface area contributed by atoms with Crippen molar-refractivity contribution >= 4 is 27.8 Å². The third-order valence-electron chi connectivity index (χ3n) is 2.80. The second-order valence-electron chi connectivity index (χ2n) is 4.21. The van der Waals surface area contributed by atoms with Gasteiger partial charge < -0.3 is 10.1 Å². The van der Waals surface area contributed by atoms with Gasteiger partial charge in [-0.15, -0.1) is 0 Å². The van der Waals surface area contributed by atoms with E-state index < -0.39 is 6.04 Å². The lowest BCUT2D eigenvalue weighted by atomic mass is 10.1. The summed E-state index contributed by atoms with van der Waals surface area (Å²) in [6.07, 6.45) is 1.61. The van der Waals surface area contributed by atoms with E-state index in [1.165, 1.54) is 0 Å². The molecule has 2 rings (SSSR count). The summed E-state index contributed by atoms with van der Waals surface area (Å²) in [6.45, 7) is 0.398. The Balaban J connectivity index is 1.79. The molecule has 1 aromatic rings. The van der Waals surface area contributed by atoms with Crippen LogP contribution in [-0.4, -0.2) is 24.5 Å². The Morgan fingerprint density at radius 1 is 1.50 bits per heavy atom. The average Bonchev–Trinajstić information content (AvgIpc) is 2.73. The maximum Gasteiger partial charge on any atom is 0.328 e. The Kier molecular flexibility index (Phi) is 4.36. The van der Waals surface area contributed by atoms with Crippen molar-refractivity contribution < 1.29 is 14.3 Å². The summed E-state index contributed by atoms with van der Waals surface area (Å²) >= 11 is 3.39. The van der Waals surface area contributed by atoms with E-state index in [1.807, 2.05) is 24.3 Å². The number of cyclic esters (lactones) is 1. The third-order valence-corrected chi connectivity index (χ3v) is 3.29. The van der Waals surface area contributed by atoms with Crippen LogP contribution in [0.5, 0.6) is 0 Å². The summed E-state index contributed by atoms with van der Waals surface area (Å²) < 4.78 is 5.78. The van der Waals surface area contributed by atoms with Gasteiger partial charge in [0.25, 0.3) is 0 Å². The van der Waals surface area contributed by atoms with Crippen molar-refractivity contribution in [2.24, 2.45) is 0 Å². The summed E-state index contributed by atoms with van der Waals surface area (Å²) in [4.78, 5) is 22.9. The zero-order valence-electron chi connectivity index (χ0n) is 9.82. The molecule has 1 amide bonds. The molecule has 0 spiro atoms. The second kappa shape index (κ2) is 6.00. The molecule has 1 N–H and O–H groups in total. The standard InChI is InChI=1S/C13H14BrNO3/c14-10-3-1-2-9(8-10)4-5-12(16)15-11-6-7-18-13(11)17/h1-3,8,11H,4-7H2,(H,15,16)/t11-/m0/s1. The Hall–Kier alpha value is -1.36. The van der Waals surface area contributed by atoms with Gasteiger partial charge >= 0.3 is 5.97 Å². The summed E-state index contributed by atoms with van der Waals surface area (Å²) in [5, 5.41) is 2.69. The van der Waals surface area contributed by atoms with Gasteiger partial charge in [0.15, 0.2) is 0 Å². The minimum absolute atomic E-state index is 0.112. The second-order valence-corrected chi connectivity index (χ2v) is 5.12. The molecule has 0 unspecified atom stereocenters. The van der Waals surface area contributed by atoms with Gasteiger partial charge in [0, 0.05) is 17.3 Å². The van der Waals surface area contributed by atoms with E-state index in [0.29, 0.717) is 25.9 Å². The number of benzene rings is 1. The molecule has 1 atom stereocenters. The number of amides is 1. The highest BCUT2D eigenvalue weighted by molar-refractivity contribution is 9.10. The molecule has 1 fully saturated rings. The zero-order valence-corrected chi connectivity index (χ0v) is 11.4. The predicted octanol–water partition coefficient (Wildman–Crippen LogP) is 1.81. The molecule has 1 heterocycles. The molecule has 0 bridgehead atoms. The van der Waals surface area contributed by atoms with Gasteiger partial charge in [0.05, 0.1) is 6.61 Å².